The van der Waals surface area contributed by atoms with Crippen molar-refractivity contribution in [2.75, 3.05) is 13.2 Å². The third kappa shape index (κ3) is 4.02. The van der Waals surface area contributed by atoms with Gasteiger partial charge in [-0.15, -0.1) is 0 Å². The van der Waals surface area contributed by atoms with Crippen molar-refractivity contribution in [2.45, 2.75) is 30.7 Å². The van der Waals surface area contributed by atoms with E-state index in [4.69, 9.17) is 4.74 Å². The van der Waals surface area contributed by atoms with Crippen molar-refractivity contribution in [2.24, 2.45) is 5.92 Å². The predicted octanol–water partition coefficient (Wildman–Crippen LogP) is 2.54. The molecular formula is C13H18BrNO3S. The Kier molecular flexibility index (Phi) is 5.00. The lowest BCUT2D eigenvalue weighted by Gasteiger charge is -2.28. The minimum absolute atomic E-state index is 0.0717. The van der Waals surface area contributed by atoms with Crippen LogP contribution in [0.25, 0.3) is 0 Å². The Bertz CT molecular complexity index is 509. The molecule has 0 radical (unpaired) electrons. The van der Waals surface area contributed by atoms with Crippen LogP contribution in [0.1, 0.15) is 19.8 Å². The molecule has 0 saturated carbocycles. The first kappa shape index (κ1) is 15.0. The number of ether oxygens (including phenoxy) is 1. The average Bonchev–Trinajstić information content (AvgIpc) is 2.40. The molecule has 106 valence electrons. The van der Waals surface area contributed by atoms with Gasteiger partial charge in [-0.2, -0.15) is 0 Å². The molecule has 0 spiro atoms. The summed E-state index contributed by atoms with van der Waals surface area (Å²) in [6.45, 7) is 3.36. The molecule has 1 aliphatic rings. The second-order valence-corrected chi connectivity index (χ2v) is 7.44. The first-order valence-electron chi connectivity index (χ1n) is 6.35. The van der Waals surface area contributed by atoms with Crippen LogP contribution < -0.4 is 4.72 Å². The van der Waals surface area contributed by atoms with Crippen LogP contribution >= 0.6 is 15.9 Å². The summed E-state index contributed by atoms with van der Waals surface area (Å²) >= 11 is 3.30. The van der Waals surface area contributed by atoms with Crippen LogP contribution in [0.2, 0.25) is 0 Å². The van der Waals surface area contributed by atoms with Gasteiger partial charge in [-0.1, -0.05) is 15.9 Å². The number of halogens is 1. The topological polar surface area (TPSA) is 55.4 Å². The Morgan fingerprint density at radius 1 is 1.26 bits per heavy atom. The lowest BCUT2D eigenvalue weighted by molar-refractivity contribution is 0.0585. The van der Waals surface area contributed by atoms with E-state index in [1.54, 1.807) is 24.3 Å². The van der Waals surface area contributed by atoms with E-state index in [9.17, 15) is 8.42 Å². The number of sulfonamides is 1. The Morgan fingerprint density at radius 3 is 2.42 bits per heavy atom. The molecule has 2 rings (SSSR count). The van der Waals surface area contributed by atoms with Gasteiger partial charge in [-0.3, -0.25) is 0 Å². The number of hydrogen-bond acceptors (Lipinski definition) is 3. The number of nitrogens with one attached hydrogen (secondary N) is 1. The molecule has 4 nitrogen and oxygen atoms in total. The van der Waals surface area contributed by atoms with Crippen LogP contribution in [0.3, 0.4) is 0 Å². The van der Waals surface area contributed by atoms with Crippen molar-refractivity contribution in [3.63, 3.8) is 0 Å². The lowest BCUT2D eigenvalue weighted by Crippen LogP contribution is -2.40. The monoisotopic (exact) mass is 347 g/mol. The van der Waals surface area contributed by atoms with Crippen molar-refractivity contribution in [1.29, 1.82) is 0 Å². The third-order valence-corrected chi connectivity index (χ3v) is 5.54. The third-order valence-electron chi connectivity index (χ3n) is 3.44. The van der Waals surface area contributed by atoms with E-state index in [0.717, 1.165) is 30.5 Å². The fourth-order valence-corrected chi connectivity index (χ4v) is 3.82. The van der Waals surface area contributed by atoms with E-state index in [-0.39, 0.29) is 6.04 Å². The highest BCUT2D eigenvalue weighted by Gasteiger charge is 2.25. The molecule has 1 fully saturated rings. The highest BCUT2D eigenvalue weighted by molar-refractivity contribution is 9.10. The van der Waals surface area contributed by atoms with Gasteiger partial charge in [-0.05, 0) is 49.9 Å². The summed E-state index contributed by atoms with van der Waals surface area (Å²) in [6, 6.07) is 6.59. The van der Waals surface area contributed by atoms with Crippen LogP contribution in [0.15, 0.2) is 33.6 Å². The highest BCUT2D eigenvalue weighted by atomic mass is 79.9. The van der Waals surface area contributed by atoms with Crippen LogP contribution in [0, 0.1) is 5.92 Å². The number of benzene rings is 1. The van der Waals surface area contributed by atoms with Gasteiger partial charge in [0.2, 0.25) is 10.0 Å². The van der Waals surface area contributed by atoms with Crippen molar-refractivity contribution < 1.29 is 13.2 Å². The molecule has 0 bridgehead atoms. The van der Waals surface area contributed by atoms with E-state index < -0.39 is 10.0 Å². The van der Waals surface area contributed by atoms with E-state index in [2.05, 4.69) is 20.7 Å². The SMILES string of the molecule is CC(NS(=O)(=O)c1ccc(Br)cc1)C1CCOCC1. The Labute approximate surface area is 122 Å². The maximum Gasteiger partial charge on any atom is 0.240 e. The van der Waals surface area contributed by atoms with E-state index in [0.29, 0.717) is 10.8 Å². The summed E-state index contributed by atoms with van der Waals surface area (Å²) in [6.07, 6.45) is 1.81. The standard InChI is InChI=1S/C13H18BrNO3S/c1-10(11-6-8-18-9-7-11)15-19(16,17)13-4-2-12(14)3-5-13/h2-5,10-11,15H,6-9H2,1H3. The minimum atomic E-state index is -3.44. The van der Waals surface area contributed by atoms with Crippen LogP contribution in [0.5, 0.6) is 0 Å². The summed E-state index contributed by atoms with van der Waals surface area (Å²) < 4.78 is 33.4. The zero-order chi connectivity index (χ0) is 13.9. The maximum absolute atomic E-state index is 12.2. The van der Waals surface area contributed by atoms with Crippen LogP contribution in [0.4, 0.5) is 0 Å². The van der Waals surface area contributed by atoms with Crippen LogP contribution in [-0.4, -0.2) is 27.7 Å². The molecule has 1 aliphatic heterocycles. The zero-order valence-corrected chi connectivity index (χ0v) is 13.2. The molecule has 1 N–H and O–H groups in total. The van der Waals surface area contributed by atoms with Crippen molar-refractivity contribution in [1.82, 2.24) is 4.72 Å². The molecule has 0 amide bonds. The van der Waals surface area contributed by atoms with Gasteiger partial charge in [0.25, 0.3) is 0 Å². The molecule has 1 aromatic carbocycles. The fourth-order valence-electron chi connectivity index (χ4n) is 2.24. The first-order valence-corrected chi connectivity index (χ1v) is 8.62. The van der Waals surface area contributed by atoms with Gasteiger partial charge in [0.1, 0.15) is 0 Å². The smallest absolute Gasteiger partial charge is 0.240 e. The van der Waals surface area contributed by atoms with Gasteiger partial charge in [0, 0.05) is 23.7 Å². The molecule has 6 heteroatoms. The van der Waals surface area contributed by atoms with Crippen molar-refractivity contribution in [3.8, 4) is 0 Å². The molecule has 0 aliphatic carbocycles. The Hall–Kier alpha value is -0.430. The first-order chi connectivity index (χ1) is 8.99. The average molecular weight is 348 g/mol. The summed E-state index contributed by atoms with van der Waals surface area (Å²) in [5.41, 5.74) is 0. The molecule has 0 aromatic heterocycles. The van der Waals surface area contributed by atoms with Gasteiger partial charge >= 0.3 is 0 Å². The predicted molar refractivity (Wildman–Crippen MR) is 77.5 cm³/mol. The zero-order valence-electron chi connectivity index (χ0n) is 10.8. The quantitative estimate of drug-likeness (QED) is 0.910. The Morgan fingerprint density at radius 2 is 1.84 bits per heavy atom. The van der Waals surface area contributed by atoms with E-state index in [1.807, 2.05) is 6.92 Å². The second-order valence-electron chi connectivity index (χ2n) is 4.81. The highest BCUT2D eigenvalue weighted by Crippen LogP contribution is 2.21. The van der Waals surface area contributed by atoms with E-state index >= 15 is 0 Å². The molecule has 1 atom stereocenters. The van der Waals surface area contributed by atoms with Crippen molar-refractivity contribution >= 4 is 26.0 Å². The van der Waals surface area contributed by atoms with Crippen LogP contribution in [-0.2, 0) is 14.8 Å². The lowest BCUT2D eigenvalue weighted by atomic mass is 9.94. The molecule has 1 saturated heterocycles. The molecule has 1 heterocycles. The molecule has 1 unspecified atom stereocenters. The van der Waals surface area contributed by atoms with E-state index in [1.165, 1.54) is 0 Å². The minimum Gasteiger partial charge on any atom is -0.381 e. The van der Waals surface area contributed by atoms with Gasteiger partial charge in [-0.25, -0.2) is 13.1 Å². The summed E-state index contributed by atoms with van der Waals surface area (Å²) in [5, 5.41) is 0. The molecule has 1 aromatic rings. The molecule has 19 heavy (non-hydrogen) atoms. The summed E-state index contributed by atoms with van der Waals surface area (Å²) in [4.78, 5) is 0.301. The normalized spacial score (nSPS) is 19.3. The second kappa shape index (κ2) is 6.35. The fraction of sp³-hybridized carbons (Fsp3) is 0.538. The summed E-state index contributed by atoms with van der Waals surface area (Å²) in [7, 11) is -3.44. The van der Waals surface area contributed by atoms with Gasteiger partial charge in [0.15, 0.2) is 0 Å². The van der Waals surface area contributed by atoms with Crippen molar-refractivity contribution in [3.05, 3.63) is 28.7 Å². The number of rotatable bonds is 4. The maximum atomic E-state index is 12.2. The number of hydrogen-bond donors (Lipinski definition) is 1. The summed E-state index contributed by atoms with van der Waals surface area (Å²) in [5.74, 6) is 0.346. The molecular weight excluding hydrogens is 330 g/mol. The Balaban J connectivity index is 2.05. The largest absolute Gasteiger partial charge is 0.381 e. The van der Waals surface area contributed by atoms with Gasteiger partial charge < -0.3 is 4.74 Å². The van der Waals surface area contributed by atoms with Gasteiger partial charge in [0.05, 0.1) is 4.90 Å².